The van der Waals surface area contributed by atoms with E-state index in [1.165, 1.54) is 25.7 Å². The van der Waals surface area contributed by atoms with Crippen molar-refractivity contribution in [1.29, 1.82) is 0 Å². The molecule has 1 atom stereocenters. The number of hydrogen-bond donors (Lipinski definition) is 1. The zero-order valence-corrected chi connectivity index (χ0v) is 7.62. The molecular formula is C9H15LiO2. The largest absolute Gasteiger partial charge is 1.00 e. The maximum Gasteiger partial charge on any atom is 1.00 e. The van der Waals surface area contributed by atoms with Crippen molar-refractivity contribution in [3.63, 3.8) is 0 Å². The molecule has 0 radical (unpaired) electrons. The Balaban J connectivity index is 0.000000720. The van der Waals surface area contributed by atoms with E-state index in [4.69, 9.17) is 5.11 Å². The van der Waals surface area contributed by atoms with E-state index in [1.807, 2.05) is 0 Å². The van der Waals surface area contributed by atoms with Gasteiger partial charge in [-0.2, -0.15) is 0 Å². The van der Waals surface area contributed by atoms with Gasteiger partial charge in [0, 0.05) is 0 Å². The number of rotatable bonds is 1. The summed E-state index contributed by atoms with van der Waals surface area (Å²) in [4.78, 5) is 10.7. The molecule has 3 heteroatoms. The maximum atomic E-state index is 10.7. The zero-order valence-electron chi connectivity index (χ0n) is 8.62. The van der Waals surface area contributed by atoms with Crippen LogP contribution in [0.2, 0.25) is 0 Å². The third-order valence-corrected chi connectivity index (χ3v) is 3.36. The van der Waals surface area contributed by atoms with Gasteiger partial charge in [0.2, 0.25) is 0 Å². The van der Waals surface area contributed by atoms with Crippen LogP contribution >= 0.6 is 0 Å². The summed E-state index contributed by atoms with van der Waals surface area (Å²) >= 11 is 0. The van der Waals surface area contributed by atoms with Gasteiger partial charge in [0.1, 0.15) is 0 Å². The molecule has 3 saturated carbocycles. The van der Waals surface area contributed by atoms with Crippen molar-refractivity contribution in [3.05, 3.63) is 0 Å². The molecule has 12 heavy (non-hydrogen) atoms. The van der Waals surface area contributed by atoms with E-state index in [0.717, 1.165) is 12.3 Å². The summed E-state index contributed by atoms with van der Waals surface area (Å²) in [5.74, 6) is 0.695. The first kappa shape index (κ1) is 10.2. The summed E-state index contributed by atoms with van der Waals surface area (Å²) in [7, 11) is 0. The van der Waals surface area contributed by atoms with Crippen molar-refractivity contribution in [2.75, 3.05) is 0 Å². The summed E-state index contributed by atoms with van der Waals surface area (Å²) in [5, 5.41) is 8.86. The van der Waals surface area contributed by atoms with Crippen LogP contribution in [0.25, 0.3) is 0 Å². The van der Waals surface area contributed by atoms with Crippen molar-refractivity contribution in [2.24, 2.45) is 17.8 Å². The second-order valence-corrected chi connectivity index (χ2v) is 3.96. The van der Waals surface area contributed by atoms with Gasteiger partial charge in [0.15, 0.2) is 0 Å². The third-order valence-electron chi connectivity index (χ3n) is 3.36. The molecule has 0 aromatic heterocycles. The molecule has 3 aliphatic carbocycles. The maximum absolute atomic E-state index is 10.7. The van der Waals surface area contributed by atoms with Crippen LogP contribution in [0.3, 0.4) is 0 Å². The van der Waals surface area contributed by atoms with E-state index in [2.05, 4.69) is 0 Å². The molecule has 1 N–H and O–H groups in total. The van der Waals surface area contributed by atoms with Gasteiger partial charge in [0.25, 0.3) is 0 Å². The van der Waals surface area contributed by atoms with Crippen molar-refractivity contribution < 1.29 is 30.2 Å². The molecule has 0 amide bonds. The van der Waals surface area contributed by atoms with Gasteiger partial charge in [-0.15, -0.1) is 0 Å². The van der Waals surface area contributed by atoms with Crippen LogP contribution in [0.4, 0.5) is 0 Å². The summed E-state index contributed by atoms with van der Waals surface area (Å²) in [6.07, 6.45) is 5.87. The molecule has 3 aliphatic rings. The molecule has 0 saturated heterocycles. The van der Waals surface area contributed by atoms with Gasteiger partial charge in [-0.3, -0.25) is 4.79 Å². The second-order valence-electron chi connectivity index (χ2n) is 3.96. The van der Waals surface area contributed by atoms with Gasteiger partial charge in [-0.05, 0) is 31.1 Å². The molecule has 0 aromatic rings. The van der Waals surface area contributed by atoms with Crippen molar-refractivity contribution in [1.82, 2.24) is 0 Å². The molecule has 2 bridgehead atoms. The van der Waals surface area contributed by atoms with Gasteiger partial charge >= 0.3 is 24.8 Å². The monoisotopic (exact) mass is 162 g/mol. The smallest absolute Gasteiger partial charge is 1.00 e. The quantitative estimate of drug-likeness (QED) is 0.503. The van der Waals surface area contributed by atoms with E-state index in [-0.39, 0.29) is 26.2 Å². The van der Waals surface area contributed by atoms with E-state index >= 15 is 0 Å². The van der Waals surface area contributed by atoms with Crippen molar-refractivity contribution >= 4 is 5.97 Å². The number of carbonyl (C=O) groups is 1. The summed E-state index contributed by atoms with van der Waals surface area (Å²) in [6, 6.07) is 0. The van der Waals surface area contributed by atoms with Gasteiger partial charge in [-0.25, -0.2) is 0 Å². The molecule has 0 aliphatic heterocycles. The van der Waals surface area contributed by atoms with E-state index < -0.39 is 5.97 Å². The zero-order chi connectivity index (χ0) is 7.84. The average molecular weight is 162 g/mol. The molecule has 3 fully saturated rings. The predicted molar refractivity (Wildman–Crippen MR) is 42.3 cm³/mol. The Labute approximate surface area is 86.4 Å². The van der Waals surface area contributed by atoms with E-state index in [0.29, 0.717) is 5.92 Å². The van der Waals surface area contributed by atoms with Crippen LogP contribution in [0, 0.1) is 17.8 Å². The number of carboxylic acid groups (broad SMARTS) is 1. The SMILES string of the molecule is O=C(O)C1CC2CCC1CC2.[H-].[Li+]. The predicted octanol–water partition coefficient (Wildman–Crippen LogP) is -0.986. The normalized spacial score (nSPS) is 38.8. The van der Waals surface area contributed by atoms with Crippen LogP contribution in [-0.2, 0) is 4.79 Å². The Bertz CT molecular complexity index is 178. The molecule has 0 spiro atoms. The number of hydrogen-bond acceptors (Lipinski definition) is 1. The first-order valence-electron chi connectivity index (χ1n) is 4.50. The molecule has 3 rings (SSSR count). The standard InChI is InChI=1S/C9H14O2.Li.H/c10-9(11)8-5-6-1-3-7(8)4-2-6;;/h6-8H,1-5H2,(H,10,11);;/q;+1;-1. The van der Waals surface area contributed by atoms with Crippen LogP contribution in [0.15, 0.2) is 0 Å². The Kier molecular flexibility index (Phi) is 3.26. The van der Waals surface area contributed by atoms with Crippen LogP contribution in [0.5, 0.6) is 0 Å². The Morgan fingerprint density at radius 3 is 2.08 bits per heavy atom. The summed E-state index contributed by atoms with van der Waals surface area (Å²) < 4.78 is 0. The first-order valence-corrected chi connectivity index (χ1v) is 4.50. The fourth-order valence-corrected chi connectivity index (χ4v) is 2.68. The Morgan fingerprint density at radius 2 is 1.83 bits per heavy atom. The fourth-order valence-electron chi connectivity index (χ4n) is 2.68. The number of aliphatic carboxylic acids is 1. The van der Waals surface area contributed by atoms with Crippen LogP contribution < -0.4 is 18.9 Å². The molecule has 2 nitrogen and oxygen atoms in total. The van der Waals surface area contributed by atoms with E-state index in [1.54, 1.807) is 0 Å². The Hall–Kier alpha value is 0.0674. The van der Waals surface area contributed by atoms with Gasteiger partial charge in [-0.1, -0.05) is 12.8 Å². The average Bonchev–Trinajstić information content (AvgIpc) is 2.06. The van der Waals surface area contributed by atoms with Crippen molar-refractivity contribution in [3.8, 4) is 0 Å². The fraction of sp³-hybridized carbons (Fsp3) is 0.889. The molecule has 64 valence electrons. The minimum atomic E-state index is -0.556. The van der Waals surface area contributed by atoms with Crippen LogP contribution in [0.1, 0.15) is 33.5 Å². The van der Waals surface area contributed by atoms with Gasteiger partial charge in [0.05, 0.1) is 5.92 Å². The third kappa shape index (κ3) is 1.70. The minimum Gasteiger partial charge on any atom is -1.00 e. The second kappa shape index (κ2) is 3.85. The number of fused-ring (bicyclic) bond motifs is 3. The molecule has 0 heterocycles. The van der Waals surface area contributed by atoms with Crippen LogP contribution in [-0.4, -0.2) is 11.1 Å². The molecular weight excluding hydrogens is 147 g/mol. The first-order chi connectivity index (χ1) is 5.27. The number of carboxylic acids is 1. The Morgan fingerprint density at radius 1 is 1.25 bits per heavy atom. The topological polar surface area (TPSA) is 37.3 Å². The van der Waals surface area contributed by atoms with Gasteiger partial charge < -0.3 is 6.53 Å². The molecule has 0 aromatic carbocycles. The molecule has 1 unspecified atom stereocenters. The minimum absolute atomic E-state index is 0. The van der Waals surface area contributed by atoms with E-state index in [9.17, 15) is 4.79 Å². The summed E-state index contributed by atoms with van der Waals surface area (Å²) in [5.41, 5.74) is 0. The summed E-state index contributed by atoms with van der Waals surface area (Å²) in [6.45, 7) is 0. The van der Waals surface area contributed by atoms with Crippen molar-refractivity contribution in [2.45, 2.75) is 32.1 Å².